The maximum Gasteiger partial charge on any atom is 0.322 e. The number of nitrogens with one attached hydrogen (secondary N) is 2. The van der Waals surface area contributed by atoms with Crippen molar-refractivity contribution >= 4 is 17.8 Å². The third kappa shape index (κ3) is 2.60. The van der Waals surface area contributed by atoms with Gasteiger partial charge in [-0.3, -0.25) is 19.3 Å². The predicted octanol–water partition coefficient (Wildman–Crippen LogP) is 0.775. The van der Waals surface area contributed by atoms with Gasteiger partial charge in [0, 0.05) is 11.6 Å². The molecule has 126 valence electrons. The molecule has 0 bridgehead atoms. The molecule has 0 aliphatic carbocycles. The molecule has 2 aliphatic heterocycles. The Hall–Kier alpha value is -2.90. The molecule has 1 atom stereocenters. The number of urea groups is 1. The average Bonchev–Trinajstić information content (AvgIpc) is 2.82. The Morgan fingerprint density at radius 2 is 2.08 bits per heavy atom. The number of aryl methyl sites for hydroxylation is 1. The van der Waals surface area contributed by atoms with Crippen LogP contribution in [0.25, 0.3) is 0 Å². The van der Waals surface area contributed by atoms with Gasteiger partial charge in [-0.2, -0.15) is 0 Å². The van der Waals surface area contributed by atoms with Crippen molar-refractivity contribution in [3.05, 3.63) is 41.2 Å². The summed E-state index contributed by atoms with van der Waals surface area (Å²) in [6.45, 7) is -0.388. The number of imide groups is 1. The first-order valence-electron chi connectivity index (χ1n) is 7.50. The van der Waals surface area contributed by atoms with Crippen LogP contribution in [0.15, 0.2) is 30.0 Å². The Bertz CT molecular complexity index is 762. The number of carbonyl (C=O) groups is 3. The van der Waals surface area contributed by atoms with Crippen molar-refractivity contribution in [2.45, 2.75) is 24.8 Å². The van der Waals surface area contributed by atoms with E-state index in [1.165, 1.54) is 6.08 Å². The summed E-state index contributed by atoms with van der Waals surface area (Å²) in [5, 5.41) is 4.69. The van der Waals surface area contributed by atoms with Gasteiger partial charge in [0.25, 0.3) is 11.8 Å². The maximum absolute atomic E-state index is 12.4. The Morgan fingerprint density at radius 1 is 1.29 bits per heavy atom. The number of benzene rings is 1. The van der Waals surface area contributed by atoms with Gasteiger partial charge in [0.05, 0.1) is 6.67 Å². The zero-order valence-corrected chi connectivity index (χ0v) is 12.7. The molecule has 1 fully saturated rings. The van der Waals surface area contributed by atoms with Crippen molar-refractivity contribution in [1.29, 1.82) is 0 Å². The van der Waals surface area contributed by atoms with Gasteiger partial charge in [-0.15, -0.1) is 0 Å². The van der Waals surface area contributed by atoms with E-state index in [2.05, 4.69) is 10.6 Å². The summed E-state index contributed by atoms with van der Waals surface area (Å²) >= 11 is 0. The number of carbonyl (C=O) groups excluding carboxylic acids is 3. The van der Waals surface area contributed by atoms with E-state index < -0.39 is 23.4 Å². The standard InChI is InChI=1S/C16H16FN3O4/c17-6-2-1-3-9-4-5-11-10(7-9)16(8-12(24-11)13(18)21)14(22)19-15(23)20-16/h4-5,7-8H,1-3,6H2,(H2,18,21)(H2,19,20,22,23). The molecule has 2 aliphatic rings. The molecule has 1 unspecified atom stereocenters. The van der Waals surface area contributed by atoms with Crippen molar-refractivity contribution in [3.8, 4) is 5.75 Å². The number of fused-ring (bicyclic) bond motifs is 2. The average molecular weight is 333 g/mol. The number of hydrogen-bond acceptors (Lipinski definition) is 4. The van der Waals surface area contributed by atoms with Crippen LogP contribution in [0, 0.1) is 0 Å². The minimum Gasteiger partial charge on any atom is -0.451 e. The topological polar surface area (TPSA) is 111 Å². The molecule has 0 saturated carbocycles. The zero-order valence-electron chi connectivity index (χ0n) is 12.7. The fourth-order valence-electron chi connectivity index (χ4n) is 2.86. The number of hydrogen-bond donors (Lipinski definition) is 3. The van der Waals surface area contributed by atoms with Crippen LogP contribution < -0.4 is 21.1 Å². The molecular weight excluding hydrogens is 317 g/mol. The van der Waals surface area contributed by atoms with Gasteiger partial charge < -0.3 is 15.8 Å². The minimum absolute atomic E-state index is 0.218. The molecule has 24 heavy (non-hydrogen) atoms. The third-order valence-corrected chi connectivity index (χ3v) is 4.02. The van der Waals surface area contributed by atoms with E-state index in [4.69, 9.17) is 10.5 Å². The Kier molecular flexibility index (Phi) is 3.96. The second-order valence-electron chi connectivity index (χ2n) is 5.67. The first-order valence-corrected chi connectivity index (χ1v) is 7.50. The van der Waals surface area contributed by atoms with Crippen LogP contribution in [0.3, 0.4) is 0 Å². The van der Waals surface area contributed by atoms with Gasteiger partial charge >= 0.3 is 6.03 Å². The van der Waals surface area contributed by atoms with E-state index >= 15 is 0 Å². The van der Waals surface area contributed by atoms with E-state index in [9.17, 15) is 18.8 Å². The fourth-order valence-corrected chi connectivity index (χ4v) is 2.86. The van der Waals surface area contributed by atoms with Crippen LogP contribution in [-0.2, 0) is 21.5 Å². The zero-order chi connectivity index (χ0) is 17.3. The summed E-state index contributed by atoms with van der Waals surface area (Å²) in [7, 11) is 0. The van der Waals surface area contributed by atoms with Crippen molar-refractivity contribution in [3.63, 3.8) is 0 Å². The molecule has 1 aromatic carbocycles. The molecule has 2 heterocycles. The fraction of sp³-hybridized carbons (Fsp3) is 0.312. The van der Waals surface area contributed by atoms with Gasteiger partial charge in [-0.05, 0) is 37.0 Å². The number of ether oxygens (including phenoxy) is 1. The summed E-state index contributed by atoms with van der Waals surface area (Å²) in [6.07, 6.45) is 2.93. The smallest absolute Gasteiger partial charge is 0.322 e. The van der Waals surface area contributed by atoms with Gasteiger partial charge in [0.1, 0.15) is 5.75 Å². The van der Waals surface area contributed by atoms with Crippen molar-refractivity contribution < 1.29 is 23.5 Å². The SMILES string of the molecule is NC(=O)C1=CC2(NC(=O)NC2=O)c2cc(CCCCF)ccc2O1. The summed E-state index contributed by atoms with van der Waals surface area (Å²) in [4.78, 5) is 35.5. The van der Waals surface area contributed by atoms with E-state index in [1.807, 2.05) is 0 Å². The monoisotopic (exact) mass is 333 g/mol. The second-order valence-corrected chi connectivity index (χ2v) is 5.67. The van der Waals surface area contributed by atoms with Crippen LogP contribution in [0.4, 0.5) is 9.18 Å². The molecule has 0 radical (unpaired) electrons. The molecule has 8 heteroatoms. The van der Waals surface area contributed by atoms with Crippen LogP contribution in [-0.4, -0.2) is 24.5 Å². The lowest BCUT2D eigenvalue weighted by molar-refractivity contribution is -0.123. The van der Waals surface area contributed by atoms with E-state index in [0.717, 1.165) is 5.56 Å². The van der Waals surface area contributed by atoms with Crippen LogP contribution >= 0.6 is 0 Å². The van der Waals surface area contributed by atoms with Crippen molar-refractivity contribution in [2.75, 3.05) is 6.67 Å². The molecule has 3 rings (SSSR count). The lowest BCUT2D eigenvalue weighted by Crippen LogP contribution is -2.45. The first kappa shape index (κ1) is 16.0. The molecule has 4 N–H and O–H groups in total. The second kappa shape index (κ2) is 5.95. The summed E-state index contributed by atoms with van der Waals surface area (Å²) in [6, 6.07) is 4.42. The third-order valence-electron chi connectivity index (χ3n) is 4.02. The highest BCUT2D eigenvalue weighted by Crippen LogP contribution is 2.40. The van der Waals surface area contributed by atoms with Gasteiger partial charge in [-0.1, -0.05) is 6.07 Å². The van der Waals surface area contributed by atoms with Crippen molar-refractivity contribution in [2.24, 2.45) is 5.73 Å². The normalized spacial score (nSPS) is 21.6. The summed E-state index contributed by atoms with van der Waals surface area (Å²) in [5.74, 6) is -1.42. The molecule has 7 nitrogen and oxygen atoms in total. The summed E-state index contributed by atoms with van der Waals surface area (Å²) in [5.41, 5.74) is 5.00. The molecule has 0 aromatic heterocycles. The first-order chi connectivity index (χ1) is 11.5. The number of nitrogens with two attached hydrogens (primary N) is 1. The molecule has 1 aromatic rings. The lowest BCUT2D eigenvalue weighted by Gasteiger charge is -2.30. The molecule has 1 spiro atoms. The van der Waals surface area contributed by atoms with Gasteiger partial charge in [0.2, 0.25) is 0 Å². The quantitative estimate of drug-likeness (QED) is 0.546. The largest absolute Gasteiger partial charge is 0.451 e. The van der Waals surface area contributed by atoms with E-state index in [0.29, 0.717) is 24.8 Å². The van der Waals surface area contributed by atoms with Crippen LogP contribution in [0.2, 0.25) is 0 Å². The predicted molar refractivity (Wildman–Crippen MR) is 81.6 cm³/mol. The maximum atomic E-state index is 12.4. The number of amides is 4. The highest BCUT2D eigenvalue weighted by molar-refractivity contribution is 6.10. The Balaban J connectivity index is 2.05. The Labute approximate surface area is 137 Å². The number of alkyl halides is 1. The van der Waals surface area contributed by atoms with Crippen LogP contribution in [0.1, 0.15) is 24.0 Å². The van der Waals surface area contributed by atoms with E-state index in [1.54, 1.807) is 18.2 Å². The molecular formula is C16H16FN3O4. The van der Waals surface area contributed by atoms with Crippen LogP contribution in [0.5, 0.6) is 5.75 Å². The Morgan fingerprint density at radius 3 is 2.71 bits per heavy atom. The summed E-state index contributed by atoms with van der Waals surface area (Å²) < 4.78 is 17.7. The molecule has 1 saturated heterocycles. The highest BCUT2D eigenvalue weighted by atomic mass is 19.1. The number of primary amides is 1. The number of rotatable bonds is 5. The number of halogens is 1. The van der Waals surface area contributed by atoms with E-state index in [-0.39, 0.29) is 18.2 Å². The number of unbranched alkanes of at least 4 members (excludes halogenated alkanes) is 1. The van der Waals surface area contributed by atoms with Gasteiger partial charge in [0.15, 0.2) is 11.3 Å². The van der Waals surface area contributed by atoms with Crippen molar-refractivity contribution in [1.82, 2.24) is 10.6 Å². The lowest BCUT2D eigenvalue weighted by atomic mass is 9.85. The molecule has 4 amide bonds. The highest BCUT2D eigenvalue weighted by Gasteiger charge is 2.50. The minimum atomic E-state index is -1.54. The van der Waals surface area contributed by atoms with Gasteiger partial charge in [-0.25, -0.2) is 4.79 Å².